The van der Waals surface area contributed by atoms with E-state index in [1.807, 2.05) is 43.3 Å². The van der Waals surface area contributed by atoms with E-state index in [4.69, 9.17) is 13.9 Å². The van der Waals surface area contributed by atoms with Crippen LogP contribution in [0.4, 0.5) is 0 Å². The zero-order chi connectivity index (χ0) is 17.2. The van der Waals surface area contributed by atoms with Crippen molar-refractivity contribution >= 4 is 12.0 Å². The SMILES string of the molecule is CCOc1ccccc1/C=C/C(=O)N(CCOC)Cc1ccco1. The second kappa shape index (κ2) is 9.57. The van der Waals surface area contributed by atoms with Gasteiger partial charge in [0, 0.05) is 25.3 Å². The molecule has 1 heterocycles. The minimum atomic E-state index is -0.102. The smallest absolute Gasteiger partial charge is 0.247 e. The van der Waals surface area contributed by atoms with Gasteiger partial charge in [0.05, 0.1) is 26.0 Å². The molecule has 0 radical (unpaired) electrons. The molecule has 2 rings (SSSR count). The number of hydrogen-bond acceptors (Lipinski definition) is 4. The summed E-state index contributed by atoms with van der Waals surface area (Å²) in [6, 6.07) is 11.3. The van der Waals surface area contributed by atoms with Crippen LogP contribution >= 0.6 is 0 Å². The summed E-state index contributed by atoms with van der Waals surface area (Å²) in [6.45, 7) is 3.88. The number of hydrogen-bond donors (Lipinski definition) is 0. The Balaban J connectivity index is 2.08. The van der Waals surface area contributed by atoms with Gasteiger partial charge in [-0.05, 0) is 31.2 Å². The van der Waals surface area contributed by atoms with E-state index in [1.54, 1.807) is 30.4 Å². The topological polar surface area (TPSA) is 51.9 Å². The highest BCUT2D eigenvalue weighted by Crippen LogP contribution is 2.19. The Morgan fingerprint density at radius 2 is 2.08 bits per heavy atom. The Kier molecular flexibility index (Phi) is 7.11. The summed E-state index contributed by atoms with van der Waals surface area (Å²) in [5.74, 6) is 1.40. The molecular formula is C19H23NO4. The first-order valence-corrected chi connectivity index (χ1v) is 7.94. The van der Waals surface area contributed by atoms with Crippen molar-refractivity contribution < 1.29 is 18.7 Å². The van der Waals surface area contributed by atoms with Gasteiger partial charge in [0.15, 0.2) is 0 Å². The quantitative estimate of drug-likeness (QED) is 0.662. The zero-order valence-electron chi connectivity index (χ0n) is 14.1. The number of para-hydroxylation sites is 1. The number of carbonyl (C=O) groups is 1. The number of rotatable bonds is 9. The Morgan fingerprint density at radius 3 is 2.79 bits per heavy atom. The first-order valence-electron chi connectivity index (χ1n) is 7.94. The monoisotopic (exact) mass is 329 g/mol. The summed E-state index contributed by atoms with van der Waals surface area (Å²) in [5, 5.41) is 0. The number of carbonyl (C=O) groups excluding carboxylic acids is 1. The summed E-state index contributed by atoms with van der Waals surface area (Å²) < 4.78 is 16.0. The highest BCUT2D eigenvalue weighted by Gasteiger charge is 2.13. The maximum absolute atomic E-state index is 12.5. The van der Waals surface area contributed by atoms with Crippen molar-refractivity contribution in [3.8, 4) is 5.75 Å². The van der Waals surface area contributed by atoms with Gasteiger partial charge in [0.1, 0.15) is 11.5 Å². The predicted molar refractivity (Wildman–Crippen MR) is 92.6 cm³/mol. The van der Waals surface area contributed by atoms with E-state index in [9.17, 15) is 4.79 Å². The predicted octanol–water partition coefficient (Wildman–Crippen LogP) is 3.37. The van der Waals surface area contributed by atoms with E-state index in [2.05, 4.69) is 0 Å². The number of furan rings is 1. The Bertz CT molecular complexity index is 649. The molecule has 5 nitrogen and oxygen atoms in total. The van der Waals surface area contributed by atoms with E-state index >= 15 is 0 Å². The molecule has 0 N–H and O–H groups in total. The molecule has 0 spiro atoms. The van der Waals surface area contributed by atoms with Crippen LogP contribution in [0.25, 0.3) is 6.08 Å². The number of amides is 1. The van der Waals surface area contributed by atoms with Crippen LogP contribution in [0, 0.1) is 0 Å². The number of ether oxygens (including phenoxy) is 2. The summed E-state index contributed by atoms with van der Waals surface area (Å²) in [6.07, 6.45) is 4.92. The molecular weight excluding hydrogens is 306 g/mol. The number of methoxy groups -OCH3 is 1. The summed E-state index contributed by atoms with van der Waals surface area (Å²) in [5.41, 5.74) is 0.873. The average molecular weight is 329 g/mol. The molecule has 0 aliphatic heterocycles. The third kappa shape index (κ3) is 5.28. The van der Waals surface area contributed by atoms with Crippen LogP contribution in [-0.2, 0) is 16.1 Å². The molecule has 0 aliphatic carbocycles. The first kappa shape index (κ1) is 17.8. The standard InChI is InChI=1S/C19H23NO4/c1-3-23-18-9-5-4-7-16(18)10-11-19(21)20(12-14-22-2)15-17-8-6-13-24-17/h4-11,13H,3,12,14-15H2,1-2H3/b11-10+. The molecule has 0 atom stereocenters. The van der Waals surface area contributed by atoms with Gasteiger partial charge in [-0.1, -0.05) is 18.2 Å². The van der Waals surface area contributed by atoms with Crippen LogP contribution in [0.15, 0.2) is 53.2 Å². The van der Waals surface area contributed by atoms with Crippen LogP contribution in [0.1, 0.15) is 18.2 Å². The van der Waals surface area contributed by atoms with Crippen molar-refractivity contribution in [2.45, 2.75) is 13.5 Å². The lowest BCUT2D eigenvalue weighted by Crippen LogP contribution is -2.31. The van der Waals surface area contributed by atoms with Crippen LogP contribution in [0.5, 0.6) is 5.75 Å². The van der Waals surface area contributed by atoms with Gasteiger partial charge in [-0.3, -0.25) is 4.79 Å². The van der Waals surface area contributed by atoms with Crippen molar-refractivity contribution in [2.75, 3.05) is 26.9 Å². The molecule has 0 fully saturated rings. The third-order valence-electron chi connectivity index (χ3n) is 3.43. The maximum Gasteiger partial charge on any atom is 0.247 e. The summed E-state index contributed by atoms with van der Waals surface area (Å²) in [4.78, 5) is 14.2. The Morgan fingerprint density at radius 1 is 1.25 bits per heavy atom. The highest BCUT2D eigenvalue weighted by molar-refractivity contribution is 5.92. The zero-order valence-corrected chi connectivity index (χ0v) is 14.1. The van der Waals surface area contributed by atoms with E-state index in [0.29, 0.717) is 26.3 Å². The Hall–Kier alpha value is -2.53. The lowest BCUT2D eigenvalue weighted by atomic mass is 10.2. The molecule has 0 unspecified atom stereocenters. The molecule has 1 aromatic carbocycles. The van der Waals surface area contributed by atoms with Gasteiger partial charge in [-0.25, -0.2) is 0 Å². The normalized spacial score (nSPS) is 10.9. The summed E-state index contributed by atoms with van der Waals surface area (Å²) >= 11 is 0. The van der Waals surface area contributed by atoms with Crippen molar-refractivity contribution in [1.29, 1.82) is 0 Å². The van der Waals surface area contributed by atoms with Gasteiger partial charge in [0.25, 0.3) is 0 Å². The lowest BCUT2D eigenvalue weighted by Gasteiger charge is -2.19. The first-order chi connectivity index (χ1) is 11.7. The summed E-state index contributed by atoms with van der Waals surface area (Å²) in [7, 11) is 1.61. The van der Waals surface area contributed by atoms with Crippen LogP contribution in [0.2, 0.25) is 0 Å². The van der Waals surface area contributed by atoms with Gasteiger partial charge >= 0.3 is 0 Å². The molecule has 0 aliphatic rings. The fourth-order valence-electron chi connectivity index (χ4n) is 2.23. The van der Waals surface area contributed by atoms with Crippen molar-refractivity contribution in [3.63, 3.8) is 0 Å². The van der Waals surface area contributed by atoms with Crippen molar-refractivity contribution in [1.82, 2.24) is 4.90 Å². The molecule has 2 aromatic rings. The van der Waals surface area contributed by atoms with Gasteiger partial charge in [0.2, 0.25) is 5.91 Å². The van der Waals surface area contributed by atoms with E-state index < -0.39 is 0 Å². The third-order valence-corrected chi connectivity index (χ3v) is 3.43. The minimum Gasteiger partial charge on any atom is -0.493 e. The van der Waals surface area contributed by atoms with E-state index in [-0.39, 0.29) is 5.91 Å². The molecule has 24 heavy (non-hydrogen) atoms. The molecule has 1 aromatic heterocycles. The molecule has 0 bridgehead atoms. The van der Waals surface area contributed by atoms with E-state index in [0.717, 1.165) is 17.1 Å². The number of nitrogens with zero attached hydrogens (tertiary/aromatic N) is 1. The van der Waals surface area contributed by atoms with Crippen molar-refractivity contribution in [3.05, 3.63) is 60.1 Å². The van der Waals surface area contributed by atoms with Crippen molar-refractivity contribution in [2.24, 2.45) is 0 Å². The highest BCUT2D eigenvalue weighted by atomic mass is 16.5. The second-order valence-corrected chi connectivity index (χ2v) is 5.14. The van der Waals surface area contributed by atoms with Crippen LogP contribution in [0.3, 0.4) is 0 Å². The van der Waals surface area contributed by atoms with E-state index in [1.165, 1.54) is 0 Å². The van der Waals surface area contributed by atoms with Gasteiger partial charge in [-0.2, -0.15) is 0 Å². The molecule has 0 saturated heterocycles. The minimum absolute atomic E-state index is 0.102. The fraction of sp³-hybridized carbons (Fsp3) is 0.316. The largest absolute Gasteiger partial charge is 0.493 e. The molecule has 1 amide bonds. The van der Waals surface area contributed by atoms with Crippen LogP contribution in [-0.4, -0.2) is 37.7 Å². The average Bonchev–Trinajstić information content (AvgIpc) is 3.11. The number of benzene rings is 1. The molecule has 0 saturated carbocycles. The maximum atomic E-state index is 12.5. The Labute approximate surface area is 142 Å². The fourth-order valence-corrected chi connectivity index (χ4v) is 2.23. The second-order valence-electron chi connectivity index (χ2n) is 5.14. The molecule has 128 valence electrons. The lowest BCUT2D eigenvalue weighted by molar-refractivity contribution is -0.127. The van der Waals surface area contributed by atoms with Gasteiger partial charge in [-0.15, -0.1) is 0 Å². The van der Waals surface area contributed by atoms with Gasteiger partial charge < -0.3 is 18.8 Å². The molecule has 5 heteroatoms. The van der Waals surface area contributed by atoms with Crippen LogP contribution < -0.4 is 4.74 Å².